The van der Waals surface area contributed by atoms with Crippen LogP contribution in [0.5, 0.6) is 0 Å². The van der Waals surface area contributed by atoms with Crippen molar-refractivity contribution in [1.29, 1.82) is 0 Å². The Morgan fingerprint density at radius 2 is 1.67 bits per heavy atom. The highest BCUT2D eigenvalue weighted by atomic mass is 14.8. The zero-order valence-corrected chi connectivity index (χ0v) is 12.3. The van der Waals surface area contributed by atoms with Crippen LogP contribution in [0.3, 0.4) is 0 Å². The highest BCUT2D eigenvalue weighted by Crippen LogP contribution is 2.41. The van der Waals surface area contributed by atoms with Gasteiger partial charge in [-0.25, -0.2) is 0 Å². The first-order valence-electron chi connectivity index (χ1n) is 7.29. The molecule has 1 aromatic carbocycles. The predicted molar refractivity (Wildman–Crippen MR) is 79.2 cm³/mol. The second-order valence-corrected chi connectivity index (χ2v) is 6.37. The fourth-order valence-corrected chi connectivity index (χ4v) is 3.50. The van der Waals surface area contributed by atoms with Crippen molar-refractivity contribution in [3.63, 3.8) is 0 Å². The summed E-state index contributed by atoms with van der Waals surface area (Å²) >= 11 is 0. The standard InChI is InChI=1S/C17H27N/c1-13-5-7-17(8-6-13,12-18-4)16-10-14(2)9-15(3)11-16/h9-11,13,18H,5-8,12H2,1-4H3. The van der Waals surface area contributed by atoms with Crippen LogP contribution in [0, 0.1) is 19.8 Å². The fourth-order valence-electron chi connectivity index (χ4n) is 3.50. The van der Waals surface area contributed by atoms with Gasteiger partial charge in [-0.2, -0.15) is 0 Å². The second-order valence-electron chi connectivity index (χ2n) is 6.37. The molecular formula is C17H27N. The molecule has 1 aliphatic carbocycles. The molecular weight excluding hydrogens is 218 g/mol. The molecule has 0 bridgehead atoms. The Labute approximate surface area is 112 Å². The maximum absolute atomic E-state index is 3.43. The first kappa shape index (κ1) is 13.6. The van der Waals surface area contributed by atoms with E-state index in [2.05, 4.69) is 51.3 Å². The fraction of sp³-hybridized carbons (Fsp3) is 0.647. The molecule has 1 N–H and O–H groups in total. The van der Waals surface area contributed by atoms with Crippen molar-refractivity contribution in [3.05, 3.63) is 34.9 Å². The summed E-state index contributed by atoms with van der Waals surface area (Å²) in [6.45, 7) is 7.94. The topological polar surface area (TPSA) is 12.0 Å². The molecule has 1 saturated carbocycles. The third kappa shape index (κ3) is 2.77. The van der Waals surface area contributed by atoms with Crippen LogP contribution in [0.2, 0.25) is 0 Å². The number of likely N-dealkylation sites (N-methyl/N-ethyl adjacent to an activating group) is 1. The van der Waals surface area contributed by atoms with Crippen molar-refractivity contribution in [3.8, 4) is 0 Å². The maximum Gasteiger partial charge on any atom is 0.00780 e. The summed E-state index contributed by atoms with van der Waals surface area (Å²) in [6, 6.07) is 7.09. The Bertz CT molecular complexity index is 380. The molecule has 1 aromatic rings. The monoisotopic (exact) mass is 245 g/mol. The van der Waals surface area contributed by atoms with Gasteiger partial charge in [-0.3, -0.25) is 0 Å². The minimum absolute atomic E-state index is 0.373. The summed E-state index contributed by atoms with van der Waals surface area (Å²) in [5, 5.41) is 3.43. The van der Waals surface area contributed by atoms with E-state index in [1.807, 2.05) is 0 Å². The number of aryl methyl sites for hydroxylation is 2. The van der Waals surface area contributed by atoms with E-state index in [9.17, 15) is 0 Å². The van der Waals surface area contributed by atoms with Gasteiger partial charge >= 0.3 is 0 Å². The molecule has 100 valence electrons. The summed E-state index contributed by atoms with van der Waals surface area (Å²) in [7, 11) is 2.09. The highest BCUT2D eigenvalue weighted by Gasteiger charge is 2.35. The largest absolute Gasteiger partial charge is 0.319 e. The molecule has 0 aromatic heterocycles. The van der Waals surface area contributed by atoms with Crippen LogP contribution in [-0.2, 0) is 5.41 Å². The van der Waals surface area contributed by atoms with E-state index in [0.717, 1.165) is 12.5 Å². The predicted octanol–water partition coefficient (Wildman–Crippen LogP) is 3.97. The van der Waals surface area contributed by atoms with Gasteiger partial charge in [-0.1, -0.05) is 36.2 Å². The molecule has 0 atom stereocenters. The molecule has 1 aliphatic rings. The summed E-state index contributed by atoms with van der Waals surface area (Å²) < 4.78 is 0. The molecule has 0 unspecified atom stereocenters. The summed E-state index contributed by atoms with van der Waals surface area (Å²) in [6.07, 6.45) is 5.40. The zero-order chi connectivity index (χ0) is 13.2. The van der Waals surface area contributed by atoms with Crippen LogP contribution in [0.25, 0.3) is 0 Å². The van der Waals surface area contributed by atoms with E-state index in [0.29, 0.717) is 5.41 Å². The van der Waals surface area contributed by atoms with Gasteiger partial charge in [0.15, 0.2) is 0 Å². The smallest absolute Gasteiger partial charge is 0.00780 e. The number of nitrogens with one attached hydrogen (secondary N) is 1. The van der Waals surface area contributed by atoms with Gasteiger partial charge in [0.05, 0.1) is 0 Å². The van der Waals surface area contributed by atoms with Crippen LogP contribution >= 0.6 is 0 Å². The van der Waals surface area contributed by atoms with Crippen LogP contribution in [-0.4, -0.2) is 13.6 Å². The van der Waals surface area contributed by atoms with E-state index in [1.54, 1.807) is 5.56 Å². The lowest BCUT2D eigenvalue weighted by Gasteiger charge is -2.40. The quantitative estimate of drug-likeness (QED) is 0.849. The molecule has 0 saturated heterocycles. The Kier molecular flexibility index (Phi) is 4.11. The molecule has 0 aliphatic heterocycles. The van der Waals surface area contributed by atoms with Crippen LogP contribution in [0.4, 0.5) is 0 Å². The van der Waals surface area contributed by atoms with Crippen molar-refractivity contribution in [2.45, 2.75) is 51.9 Å². The Morgan fingerprint density at radius 3 is 2.17 bits per heavy atom. The van der Waals surface area contributed by atoms with Gasteiger partial charge in [0.25, 0.3) is 0 Å². The third-order valence-corrected chi connectivity index (χ3v) is 4.58. The lowest BCUT2D eigenvalue weighted by atomic mass is 9.66. The van der Waals surface area contributed by atoms with Gasteiger partial charge in [0, 0.05) is 12.0 Å². The number of rotatable bonds is 3. The average Bonchev–Trinajstić information content (AvgIpc) is 2.31. The van der Waals surface area contributed by atoms with Crippen molar-refractivity contribution >= 4 is 0 Å². The lowest BCUT2D eigenvalue weighted by Crippen LogP contribution is -2.40. The Hall–Kier alpha value is -0.820. The highest BCUT2D eigenvalue weighted by molar-refractivity contribution is 5.35. The summed E-state index contributed by atoms with van der Waals surface area (Å²) in [5.74, 6) is 0.904. The van der Waals surface area contributed by atoms with Crippen LogP contribution in [0.15, 0.2) is 18.2 Å². The van der Waals surface area contributed by atoms with Gasteiger partial charge in [-0.15, -0.1) is 0 Å². The van der Waals surface area contributed by atoms with E-state index in [1.165, 1.54) is 36.8 Å². The molecule has 0 radical (unpaired) electrons. The molecule has 1 heteroatoms. The molecule has 2 rings (SSSR count). The van der Waals surface area contributed by atoms with Crippen molar-refractivity contribution < 1.29 is 0 Å². The minimum atomic E-state index is 0.373. The van der Waals surface area contributed by atoms with Crippen LogP contribution in [0.1, 0.15) is 49.3 Å². The third-order valence-electron chi connectivity index (χ3n) is 4.58. The van der Waals surface area contributed by atoms with Gasteiger partial charge in [-0.05, 0) is 58.1 Å². The molecule has 1 nitrogen and oxygen atoms in total. The lowest BCUT2D eigenvalue weighted by molar-refractivity contribution is 0.237. The molecule has 0 heterocycles. The van der Waals surface area contributed by atoms with E-state index in [-0.39, 0.29) is 0 Å². The maximum atomic E-state index is 3.43. The van der Waals surface area contributed by atoms with E-state index in [4.69, 9.17) is 0 Å². The van der Waals surface area contributed by atoms with Gasteiger partial charge in [0.2, 0.25) is 0 Å². The summed E-state index contributed by atoms with van der Waals surface area (Å²) in [4.78, 5) is 0. The molecule has 18 heavy (non-hydrogen) atoms. The SMILES string of the molecule is CNCC1(c2cc(C)cc(C)c2)CCC(C)CC1. The molecule has 1 fully saturated rings. The average molecular weight is 245 g/mol. The second kappa shape index (κ2) is 5.44. The van der Waals surface area contributed by atoms with Gasteiger partial charge in [0.1, 0.15) is 0 Å². The van der Waals surface area contributed by atoms with E-state index >= 15 is 0 Å². The van der Waals surface area contributed by atoms with E-state index < -0.39 is 0 Å². The molecule has 0 amide bonds. The van der Waals surface area contributed by atoms with Crippen molar-refractivity contribution in [2.24, 2.45) is 5.92 Å². The van der Waals surface area contributed by atoms with Gasteiger partial charge < -0.3 is 5.32 Å². The normalized spacial score (nSPS) is 28.3. The molecule has 0 spiro atoms. The number of hydrogen-bond donors (Lipinski definition) is 1. The first-order chi connectivity index (χ1) is 8.55. The Morgan fingerprint density at radius 1 is 1.11 bits per heavy atom. The van der Waals surface area contributed by atoms with Crippen LogP contribution < -0.4 is 5.32 Å². The number of benzene rings is 1. The summed E-state index contributed by atoms with van der Waals surface area (Å²) in [5.41, 5.74) is 4.73. The zero-order valence-electron chi connectivity index (χ0n) is 12.3. The van der Waals surface area contributed by atoms with Crippen molar-refractivity contribution in [1.82, 2.24) is 5.32 Å². The minimum Gasteiger partial charge on any atom is -0.319 e. The Balaban J connectivity index is 2.34. The van der Waals surface area contributed by atoms with Crippen molar-refractivity contribution in [2.75, 3.05) is 13.6 Å². The number of hydrogen-bond acceptors (Lipinski definition) is 1. The first-order valence-corrected chi connectivity index (χ1v) is 7.29.